The minimum absolute atomic E-state index is 0.0885. The van der Waals surface area contributed by atoms with Crippen LogP contribution < -0.4 is 5.32 Å². The van der Waals surface area contributed by atoms with Crippen molar-refractivity contribution in [1.29, 1.82) is 0 Å². The van der Waals surface area contributed by atoms with Crippen molar-refractivity contribution in [3.8, 4) is 0 Å². The zero-order valence-corrected chi connectivity index (χ0v) is 7.46. The SMILES string of the molecule is Fc1cccc2c1CNCCS2. The number of rotatable bonds is 0. The minimum Gasteiger partial charge on any atom is -0.312 e. The molecule has 64 valence electrons. The topological polar surface area (TPSA) is 12.0 Å². The van der Waals surface area contributed by atoms with Crippen LogP contribution >= 0.6 is 11.8 Å². The third-order valence-electron chi connectivity index (χ3n) is 1.91. The minimum atomic E-state index is -0.0885. The van der Waals surface area contributed by atoms with Crippen LogP contribution in [0.2, 0.25) is 0 Å². The Morgan fingerprint density at radius 1 is 1.42 bits per heavy atom. The molecular weight excluding hydrogens is 173 g/mol. The fourth-order valence-corrected chi connectivity index (χ4v) is 2.28. The first-order valence-electron chi connectivity index (χ1n) is 3.99. The molecule has 0 atom stereocenters. The van der Waals surface area contributed by atoms with Crippen molar-refractivity contribution in [2.24, 2.45) is 0 Å². The fourth-order valence-electron chi connectivity index (χ4n) is 1.29. The van der Waals surface area contributed by atoms with Gasteiger partial charge in [0.15, 0.2) is 0 Å². The third kappa shape index (κ3) is 1.47. The molecule has 0 bridgehead atoms. The summed E-state index contributed by atoms with van der Waals surface area (Å²) in [5.41, 5.74) is 0.819. The molecular formula is C9H10FNS. The number of hydrogen-bond acceptors (Lipinski definition) is 2. The maximum atomic E-state index is 13.2. The number of thioether (sulfide) groups is 1. The smallest absolute Gasteiger partial charge is 0.128 e. The Morgan fingerprint density at radius 3 is 3.25 bits per heavy atom. The second-order valence-electron chi connectivity index (χ2n) is 2.74. The lowest BCUT2D eigenvalue weighted by Crippen LogP contribution is -2.14. The van der Waals surface area contributed by atoms with Gasteiger partial charge in [-0.25, -0.2) is 4.39 Å². The average Bonchev–Trinajstić information content (AvgIpc) is 2.30. The lowest BCUT2D eigenvalue weighted by molar-refractivity contribution is 0.589. The van der Waals surface area contributed by atoms with Gasteiger partial charge in [0.2, 0.25) is 0 Å². The molecule has 1 heterocycles. The molecule has 1 aromatic carbocycles. The van der Waals surface area contributed by atoms with Crippen molar-refractivity contribution >= 4 is 11.8 Å². The predicted octanol–water partition coefficient (Wildman–Crippen LogP) is 2.02. The maximum absolute atomic E-state index is 13.2. The summed E-state index contributed by atoms with van der Waals surface area (Å²) in [5.74, 6) is 0.936. The lowest BCUT2D eigenvalue weighted by Gasteiger charge is -2.04. The first-order valence-corrected chi connectivity index (χ1v) is 4.97. The second kappa shape index (κ2) is 3.46. The van der Waals surface area contributed by atoms with Gasteiger partial charge in [-0.15, -0.1) is 11.8 Å². The normalized spacial score (nSPS) is 16.8. The monoisotopic (exact) mass is 183 g/mol. The van der Waals surface area contributed by atoms with Crippen LogP contribution in [0.1, 0.15) is 5.56 Å². The summed E-state index contributed by atoms with van der Waals surface area (Å²) >= 11 is 1.72. The molecule has 0 aliphatic carbocycles. The molecule has 0 fully saturated rings. The highest BCUT2D eigenvalue weighted by Crippen LogP contribution is 2.26. The van der Waals surface area contributed by atoms with Crippen LogP contribution in [0.4, 0.5) is 4.39 Å². The quantitative estimate of drug-likeness (QED) is 0.660. The Bertz CT molecular complexity index is 288. The first kappa shape index (κ1) is 8.08. The molecule has 0 aromatic heterocycles. The van der Waals surface area contributed by atoms with Gasteiger partial charge in [-0.2, -0.15) is 0 Å². The second-order valence-corrected chi connectivity index (χ2v) is 3.88. The third-order valence-corrected chi connectivity index (χ3v) is 3.02. The maximum Gasteiger partial charge on any atom is 0.128 e. The molecule has 1 aromatic rings. The van der Waals surface area contributed by atoms with Crippen molar-refractivity contribution in [2.45, 2.75) is 11.4 Å². The van der Waals surface area contributed by atoms with Crippen LogP contribution in [0.25, 0.3) is 0 Å². The van der Waals surface area contributed by atoms with Crippen molar-refractivity contribution < 1.29 is 4.39 Å². The van der Waals surface area contributed by atoms with Gasteiger partial charge in [0.1, 0.15) is 5.82 Å². The number of benzene rings is 1. The molecule has 0 radical (unpaired) electrons. The molecule has 0 amide bonds. The highest BCUT2D eigenvalue weighted by atomic mass is 32.2. The molecule has 1 nitrogen and oxygen atoms in total. The summed E-state index contributed by atoms with van der Waals surface area (Å²) < 4.78 is 13.2. The van der Waals surface area contributed by atoms with E-state index in [4.69, 9.17) is 0 Å². The van der Waals surface area contributed by atoms with Gasteiger partial charge < -0.3 is 5.32 Å². The van der Waals surface area contributed by atoms with E-state index in [2.05, 4.69) is 5.32 Å². The van der Waals surface area contributed by atoms with E-state index in [1.807, 2.05) is 6.07 Å². The van der Waals surface area contributed by atoms with Crippen LogP contribution in [-0.2, 0) is 6.54 Å². The van der Waals surface area contributed by atoms with Gasteiger partial charge in [-0.3, -0.25) is 0 Å². The van der Waals surface area contributed by atoms with Crippen molar-refractivity contribution in [3.05, 3.63) is 29.6 Å². The number of halogens is 1. The van der Waals surface area contributed by atoms with E-state index >= 15 is 0 Å². The zero-order valence-electron chi connectivity index (χ0n) is 6.64. The van der Waals surface area contributed by atoms with E-state index in [-0.39, 0.29) is 5.82 Å². The summed E-state index contributed by atoms with van der Waals surface area (Å²) in [6.45, 7) is 1.62. The van der Waals surface area contributed by atoms with E-state index in [1.165, 1.54) is 6.07 Å². The van der Waals surface area contributed by atoms with Crippen molar-refractivity contribution in [1.82, 2.24) is 5.32 Å². The van der Waals surface area contributed by atoms with E-state index in [0.29, 0.717) is 6.54 Å². The molecule has 0 saturated heterocycles. The summed E-state index contributed by atoms with van der Waals surface area (Å²) in [4.78, 5) is 1.08. The summed E-state index contributed by atoms with van der Waals surface area (Å²) in [5, 5.41) is 3.18. The number of fused-ring (bicyclic) bond motifs is 1. The number of nitrogens with one attached hydrogen (secondary N) is 1. The summed E-state index contributed by atoms with van der Waals surface area (Å²) in [6.07, 6.45) is 0. The molecule has 0 spiro atoms. The molecule has 12 heavy (non-hydrogen) atoms. The number of hydrogen-bond donors (Lipinski definition) is 1. The largest absolute Gasteiger partial charge is 0.312 e. The summed E-state index contributed by atoms with van der Waals surface area (Å²) in [7, 11) is 0. The molecule has 1 aliphatic rings. The Balaban J connectivity index is 2.42. The van der Waals surface area contributed by atoms with E-state index < -0.39 is 0 Å². The van der Waals surface area contributed by atoms with Crippen LogP contribution in [0.3, 0.4) is 0 Å². The van der Waals surface area contributed by atoms with Gasteiger partial charge in [0.05, 0.1) is 0 Å². The Kier molecular flexibility index (Phi) is 2.33. The lowest BCUT2D eigenvalue weighted by atomic mass is 10.2. The van der Waals surface area contributed by atoms with E-state index in [1.54, 1.807) is 17.8 Å². The molecule has 3 heteroatoms. The zero-order chi connectivity index (χ0) is 8.39. The highest BCUT2D eigenvalue weighted by Gasteiger charge is 2.10. The van der Waals surface area contributed by atoms with Crippen molar-refractivity contribution in [3.63, 3.8) is 0 Å². The Hall–Kier alpha value is -0.540. The fraction of sp³-hybridized carbons (Fsp3) is 0.333. The van der Waals surface area contributed by atoms with Crippen LogP contribution in [-0.4, -0.2) is 12.3 Å². The predicted molar refractivity (Wildman–Crippen MR) is 48.8 cm³/mol. The highest BCUT2D eigenvalue weighted by molar-refractivity contribution is 7.99. The van der Waals surface area contributed by atoms with Gasteiger partial charge in [0.25, 0.3) is 0 Å². The van der Waals surface area contributed by atoms with Crippen LogP contribution in [0.5, 0.6) is 0 Å². The van der Waals surface area contributed by atoms with E-state index in [0.717, 1.165) is 22.8 Å². The van der Waals surface area contributed by atoms with Gasteiger partial charge >= 0.3 is 0 Å². The summed E-state index contributed by atoms with van der Waals surface area (Å²) in [6, 6.07) is 5.27. The average molecular weight is 183 g/mol. The van der Waals surface area contributed by atoms with Gasteiger partial charge in [-0.1, -0.05) is 6.07 Å². The van der Waals surface area contributed by atoms with Crippen LogP contribution in [0.15, 0.2) is 23.1 Å². The molecule has 1 aliphatic heterocycles. The Labute approximate surface area is 75.4 Å². The van der Waals surface area contributed by atoms with Gasteiger partial charge in [0, 0.05) is 29.3 Å². The molecule has 1 N–H and O–H groups in total. The van der Waals surface area contributed by atoms with E-state index in [9.17, 15) is 4.39 Å². The molecule has 0 unspecified atom stereocenters. The Morgan fingerprint density at radius 2 is 2.33 bits per heavy atom. The standard InChI is InChI=1S/C9H10FNS/c10-8-2-1-3-9-7(8)6-11-4-5-12-9/h1-3,11H,4-6H2. The molecule has 0 saturated carbocycles. The van der Waals surface area contributed by atoms with Crippen LogP contribution in [0, 0.1) is 5.82 Å². The van der Waals surface area contributed by atoms with Crippen molar-refractivity contribution in [2.75, 3.05) is 12.3 Å². The van der Waals surface area contributed by atoms with Gasteiger partial charge in [-0.05, 0) is 12.1 Å². The first-order chi connectivity index (χ1) is 5.88. The molecule has 2 rings (SSSR count).